The van der Waals surface area contributed by atoms with Gasteiger partial charge in [-0.05, 0) is 37.9 Å². The zero-order chi connectivity index (χ0) is 14.1. The molecule has 108 valence electrons. The van der Waals surface area contributed by atoms with E-state index in [-0.39, 0.29) is 11.5 Å². The summed E-state index contributed by atoms with van der Waals surface area (Å²) in [6.07, 6.45) is 3.17. The van der Waals surface area contributed by atoms with Crippen molar-refractivity contribution in [3.8, 4) is 0 Å². The number of benzene rings is 1. The van der Waals surface area contributed by atoms with Crippen LogP contribution in [0.15, 0.2) is 18.2 Å². The highest BCUT2D eigenvalue weighted by Crippen LogP contribution is 2.23. The highest BCUT2D eigenvalue weighted by atomic mass is 19.1. The predicted octanol–water partition coefficient (Wildman–Crippen LogP) is 2.28. The molecule has 2 fully saturated rings. The second kappa shape index (κ2) is 5.48. The van der Waals surface area contributed by atoms with Crippen molar-refractivity contribution in [3.05, 3.63) is 35.4 Å². The Balaban J connectivity index is 1.79. The molecule has 20 heavy (non-hydrogen) atoms. The minimum Gasteiger partial charge on any atom is -0.337 e. The molecule has 2 aliphatic heterocycles. The lowest BCUT2D eigenvalue weighted by Gasteiger charge is -2.25. The molecule has 0 saturated carbocycles. The van der Waals surface area contributed by atoms with E-state index in [1.807, 2.05) is 0 Å². The Morgan fingerprint density at radius 3 is 2.75 bits per heavy atom. The number of carbonyl (C=O) groups is 1. The van der Waals surface area contributed by atoms with Crippen molar-refractivity contribution >= 4 is 5.91 Å². The lowest BCUT2D eigenvalue weighted by molar-refractivity contribution is 0.0738. The van der Waals surface area contributed by atoms with Gasteiger partial charge >= 0.3 is 0 Å². The molecule has 0 spiro atoms. The molecule has 2 saturated heterocycles. The lowest BCUT2D eigenvalue weighted by atomic mass is 10.1. The molecule has 5 heteroatoms. The first kappa shape index (κ1) is 13.5. The number of fused-ring (bicyclic) bond motifs is 1. The zero-order valence-corrected chi connectivity index (χ0v) is 11.3. The Hall–Kier alpha value is -1.49. The van der Waals surface area contributed by atoms with Crippen LogP contribution in [0.25, 0.3) is 0 Å². The molecule has 3 nitrogen and oxygen atoms in total. The summed E-state index contributed by atoms with van der Waals surface area (Å²) in [5, 5.41) is 0. The molecule has 2 aliphatic rings. The number of hydrogen-bond acceptors (Lipinski definition) is 2. The van der Waals surface area contributed by atoms with Gasteiger partial charge in [-0.3, -0.25) is 9.69 Å². The maximum Gasteiger partial charge on any atom is 0.256 e. The van der Waals surface area contributed by atoms with Crippen molar-refractivity contribution < 1.29 is 13.6 Å². The molecule has 0 aromatic heterocycles. The van der Waals surface area contributed by atoms with E-state index in [1.54, 1.807) is 4.90 Å². The third kappa shape index (κ3) is 2.54. The summed E-state index contributed by atoms with van der Waals surface area (Å²) in [4.78, 5) is 16.5. The monoisotopic (exact) mass is 280 g/mol. The molecule has 0 aliphatic carbocycles. The predicted molar refractivity (Wildman–Crippen MR) is 71.5 cm³/mol. The van der Waals surface area contributed by atoms with Crippen LogP contribution >= 0.6 is 0 Å². The van der Waals surface area contributed by atoms with Crippen molar-refractivity contribution in [2.24, 2.45) is 0 Å². The summed E-state index contributed by atoms with van der Waals surface area (Å²) in [5.41, 5.74) is -0.0298. The molecule has 0 radical (unpaired) electrons. The van der Waals surface area contributed by atoms with E-state index in [0.29, 0.717) is 19.1 Å². The number of hydrogen-bond donors (Lipinski definition) is 0. The number of nitrogens with zero attached hydrogens (tertiary/aromatic N) is 2. The molecule has 0 N–H and O–H groups in total. The van der Waals surface area contributed by atoms with Crippen molar-refractivity contribution in [2.75, 3.05) is 26.2 Å². The average Bonchev–Trinajstić information content (AvgIpc) is 2.75. The molecule has 3 rings (SSSR count). The van der Waals surface area contributed by atoms with Gasteiger partial charge < -0.3 is 4.90 Å². The number of carbonyl (C=O) groups excluding carboxylic acids is 1. The fourth-order valence-corrected chi connectivity index (χ4v) is 3.22. The third-order valence-electron chi connectivity index (χ3n) is 4.25. The Morgan fingerprint density at radius 2 is 1.95 bits per heavy atom. The number of halogens is 2. The number of rotatable bonds is 1. The van der Waals surface area contributed by atoms with E-state index >= 15 is 0 Å². The Morgan fingerprint density at radius 1 is 1.15 bits per heavy atom. The molecule has 1 aromatic rings. The van der Waals surface area contributed by atoms with Crippen LogP contribution in [0, 0.1) is 11.6 Å². The number of amides is 1. The van der Waals surface area contributed by atoms with Crippen LogP contribution in [0.3, 0.4) is 0 Å². The van der Waals surface area contributed by atoms with Gasteiger partial charge in [-0.25, -0.2) is 8.78 Å². The first-order chi connectivity index (χ1) is 9.65. The van der Waals surface area contributed by atoms with E-state index < -0.39 is 11.6 Å². The van der Waals surface area contributed by atoms with Gasteiger partial charge in [-0.1, -0.05) is 0 Å². The van der Waals surface area contributed by atoms with Crippen LogP contribution in [-0.4, -0.2) is 47.9 Å². The van der Waals surface area contributed by atoms with Gasteiger partial charge in [0.15, 0.2) is 0 Å². The van der Waals surface area contributed by atoms with E-state index in [4.69, 9.17) is 0 Å². The van der Waals surface area contributed by atoms with Gasteiger partial charge in [-0.2, -0.15) is 0 Å². The van der Waals surface area contributed by atoms with Crippen LogP contribution in [-0.2, 0) is 0 Å². The van der Waals surface area contributed by atoms with Crippen LogP contribution < -0.4 is 0 Å². The normalized spacial score (nSPS) is 23.5. The van der Waals surface area contributed by atoms with Gasteiger partial charge in [0, 0.05) is 31.7 Å². The van der Waals surface area contributed by atoms with Crippen LogP contribution in [0.1, 0.15) is 29.6 Å². The SMILES string of the molecule is O=C(c1ccc(F)cc1F)N1CCCN2CCCC2C1. The summed E-state index contributed by atoms with van der Waals surface area (Å²) in [5.74, 6) is -1.75. The van der Waals surface area contributed by atoms with E-state index in [9.17, 15) is 13.6 Å². The molecule has 2 heterocycles. The molecule has 1 unspecified atom stereocenters. The largest absolute Gasteiger partial charge is 0.337 e. The fraction of sp³-hybridized carbons (Fsp3) is 0.533. The molecule has 1 amide bonds. The minimum absolute atomic E-state index is 0.0298. The van der Waals surface area contributed by atoms with Gasteiger partial charge in [-0.15, -0.1) is 0 Å². The highest BCUT2D eigenvalue weighted by molar-refractivity contribution is 5.94. The smallest absolute Gasteiger partial charge is 0.256 e. The zero-order valence-electron chi connectivity index (χ0n) is 11.3. The Kier molecular flexibility index (Phi) is 3.70. The van der Waals surface area contributed by atoms with Crippen molar-refractivity contribution in [3.63, 3.8) is 0 Å². The highest BCUT2D eigenvalue weighted by Gasteiger charge is 2.31. The fourth-order valence-electron chi connectivity index (χ4n) is 3.22. The Labute approximate surface area is 117 Å². The maximum absolute atomic E-state index is 13.7. The minimum atomic E-state index is -0.775. The second-order valence-corrected chi connectivity index (χ2v) is 5.56. The summed E-state index contributed by atoms with van der Waals surface area (Å²) in [7, 11) is 0. The topological polar surface area (TPSA) is 23.6 Å². The van der Waals surface area contributed by atoms with Crippen molar-refractivity contribution in [2.45, 2.75) is 25.3 Å². The van der Waals surface area contributed by atoms with Crippen LogP contribution in [0.4, 0.5) is 8.78 Å². The van der Waals surface area contributed by atoms with E-state index in [2.05, 4.69) is 4.90 Å². The van der Waals surface area contributed by atoms with Crippen molar-refractivity contribution in [1.29, 1.82) is 0 Å². The quantitative estimate of drug-likeness (QED) is 0.788. The maximum atomic E-state index is 13.7. The second-order valence-electron chi connectivity index (χ2n) is 5.56. The van der Waals surface area contributed by atoms with Gasteiger partial charge in [0.05, 0.1) is 5.56 Å². The summed E-state index contributed by atoms with van der Waals surface area (Å²) < 4.78 is 26.7. The van der Waals surface area contributed by atoms with Gasteiger partial charge in [0.2, 0.25) is 0 Å². The standard InChI is InChI=1S/C15H18F2N2O/c16-11-4-5-13(14(17)9-11)15(20)19-8-2-7-18-6-1-3-12(18)10-19/h4-5,9,12H,1-3,6-8,10H2. The summed E-state index contributed by atoms with van der Waals surface area (Å²) in [6.45, 7) is 3.39. The van der Waals surface area contributed by atoms with Crippen molar-refractivity contribution in [1.82, 2.24) is 9.80 Å². The average molecular weight is 280 g/mol. The molecular formula is C15H18F2N2O. The summed E-state index contributed by atoms with van der Waals surface area (Å²) in [6, 6.07) is 3.54. The first-order valence-corrected chi connectivity index (χ1v) is 7.13. The van der Waals surface area contributed by atoms with E-state index in [0.717, 1.165) is 44.5 Å². The molecular weight excluding hydrogens is 262 g/mol. The van der Waals surface area contributed by atoms with Gasteiger partial charge in [0.25, 0.3) is 5.91 Å². The van der Waals surface area contributed by atoms with Gasteiger partial charge in [0.1, 0.15) is 11.6 Å². The molecule has 0 bridgehead atoms. The summed E-state index contributed by atoms with van der Waals surface area (Å²) >= 11 is 0. The molecule has 1 atom stereocenters. The Bertz CT molecular complexity index is 521. The third-order valence-corrected chi connectivity index (χ3v) is 4.25. The van der Waals surface area contributed by atoms with Crippen LogP contribution in [0.5, 0.6) is 0 Å². The van der Waals surface area contributed by atoms with Crippen LogP contribution in [0.2, 0.25) is 0 Å². The molecule has 1 aromatic carbocycles. The van der Waals surface area contributed by atoms with E-state index in [1.165, 1.54) is 6.07 Å². The first-order valence-electron chi connectivity index (χ1n) is 7.13. The lowest BCUT2D eigenvalue weighted by Crippen LogP contribution is -2.39.